The van der Waals surface area contributed by atoms with Gasteiger partial charge in [-0.15, -0.1) is 0 Å². The number of aliphatic hydroxyl groups excluding tert-OH is 4. The highest BCUT2D eigenvalue weighted by molar-refractivity contribution is 5.70. The van der Waals surface area contributed by atoms with Gasteiger partial charge in [0, 0.05) is 12.8 Å². The molecule has 1 fully saturated rings. The van der Waals surface area contributed by atoms with Crippen molar-refractivity contribution in [2.75, 3.05) is 19.8 Å². The predicted octanol–water partition coefficient (Wildman–Crippen LogP) is 10.1. The van der Waals surface area contributed by atoms with Gasteiger partial charge in [-0.3, -0.25) is 9.59 Å². The quantitative estimate of drug-likeness (QED) is 0.0272. The van der Waals surface area contributed by atoms with Gasteiger partial charge in [-0.1, -0.05) is 142 Å². The van der Waals surface area contributed by atoms with E-state index in [0.717, 1.165) is 96.3 Å². The van der Waals surface area contributed by atoms with Crippen LogP contribution in [0.5, 0.6) is 0 Å². The van der Waals surface area contributed by atoms with E-state index < -0.39 is 55.4 Å². The van der Waals surface area contributed by atoms with Crippen molar-refractivity contribution in [1.82, 2.24) is 0 Å². The van der Waals surface area contributed by atoms with Crippen LogP contribution < -0.4 is 0 Å². The first-order valence-electron chi connectivity index (χ1n) is 23.0. The van der Waals surface area contributed by atoms with E-state index in [1.54, 1.807) is 0 Å². The molecule has 0 aromatic rings. The van der Waals surface area contributed by atoms with Crippen LogP contribution in [-0.4, -0.2) is 89.0 Å². The number of hydrogen-bond acceptors (Lipinski definition) is 10. The van der Waals surface area contributed by atoms with E-state index in [4.69, 9.17) is 18.9 Å². The standard InChI is InChI=1S/C51H80O10/c1-3-5-7-9-11-13-15-17-19-21-22-24-26-28-30-32-34-36-38-40-47(54)60-44(43-59-51-50(57)49(56)48(55)45(41-52)61-51)42-58-46(53)39-37-35-33-31-29-27-25-23-20-18-16-14-12-10-8-6-4-2/h5,7-8,10-11,13-14,16-17,19-20,22-24,27-30,44-45,48-52,55-57H,3-4,6,9,12,15,18,21,25-26,31-43H2,1-2H3/b7-5+,10-8+,13-11+,16-14+,19-17+,23-20+,24-22+,29-27+,30-28+/t44-,45-,48+,49?,50?,51-/m1/s1. The third kappa shape index (κ3) is 31.8. The van der Waals surface area contributed by atoms with Gasteiger partial charge in [0.2, 0.25) is 0 Å². The minimum Gasteiger partial charge on any atom is -0.462 e. The molecule has 344 valence electrons. The molecule has 6 atom stereocenters. The SMILES string of the molecule is CC/C=C/C/C=C/C/C=C/C/C=C/C/C=C/CCCCCC(=O)O[C@H](COC(=O)CCCCC/C=C/C/C=C/C/C=C/C/C=C/CCC)CO[C@@H]1O[C@H](CO)[C@H](O)C(O)C1O. The molecule has 0 aromatic carbocycles. The summed E-state index contributed by atoms with van der Waals surface area (Å²) < 4.78 is 22.1. The van der Waals surface area contributed by atoms with Crippen LogP contribution >= 0.6 is 0 Å². The van der Waals surface area contributed by atoms with Crippen molar-refractivity contribution in [2.24, 2.45) is 0 Å². The topological polar surface area (TPSA) is 152 Å². The minimum absolute atomic E-state index is 0.176. The first kappa shape index (κ1) is 55.4. The molecule has 2 unspecified atom stereocenters. The van der Waals surface area contributed by atoms with Crippen LogP contribution in [0.25, 0.3) is 0 Å². The number of rotatable bonds is 36. The zero-order valence-corrected chi connectivity index (χ0v) is 37.4. The van der Waals surface area contributed by atoms with E-state index in [-0.39, 0.29) is 26.1 Å². The Kier molecular flexibility index (Phi) is 36.7. The van der Waals surface area contributed by atoms with Gasteiger partial charge in [-0.25, -0.2) is 0 Å². The van der Waals surface area contributed by atoms with Crippen molar-refractivity contribution >= 4 is 11.9 Å². The molecule has 61 heavy (non-hydrogen) atoms. The molecule has 0 spiro atoms. The van der Waals surface area contributed by atoms with E-state index in [2.05, 4.69) is 123 Å². The molecule has 4 N–H and O–H groups in total. The van der Waals surface area contributed by atoms with Gasteiger partial charge in [0.15, 0.2) is 12.4 Å². The van der Waals surface area contributed by atoms with Crippen molar-refractivity contribution in [3.8, 4) is 0 Å². The number of aliphatic hydroxyl groups is 4. The molecule has 0 amide bonds. The van der Waals surface area contributed by atoms with Gasteiger partial charge >= 0.3 is 11.9 Å². The number of carbonyl (C=O) groups excluding carboxylic acids is 2. The van der Waals surface area contributed by atoms with E-state index >= 15 is 0 Å². The average Bonchev–Trinajstić information content (AvgIpc) is 3.26. The average molecular weight is 853 g/mol. The molecule has 10 nitrogen and oxygen atoms in total. The third-order valence-corrected chi connectivity index (χ3v) is 9.62. The normalized spacial score (nSPS) is 20.8. The highest BCUT2D eigenvalue weighted by Crippen LogP contribution is 2.22. The third-order valence-electron chi connectivity index (χ3n) is 9.62. The Morgan fingerprint density at radius 2 is 0.967 bits per heavy atom. The Bertz CT molecular complexity index is 1350. The maximum Gasteiger partial charge on any atom is 0.306 e. The van der Waals surface area contributed by atoms with Crippen molar-refractivity contribution in [3.63, 3.8) is 0 Å². The molecule has 0 radical (unpaired) electrons. The number of allylic oxidation sites excluding steroid dienone is 18. The number of carbonyl (C=O) groups is 2. The van der Waals surface area contributed by atoms with Crippen molar-refractivity contribution in [3.05, 3.63) is 109 Å². The zero-order valence-electron chi connectivity index (χ0n) is 37.4. The molecule has 0 bridgehead atoms. The Morgan fingerprint density at radius 1 is 0.525 bits per heavy atom. The summed E-state index contributed by atoms with van der Waals surface area (Å²) in [6.07, 6.45) is 48.0. The van der Waals surface area contributed by atoms with Crippen molar-refractivity contribution < 1.29 is 49.0 Å². The summed E-state index contributed by atoms with van der Waals surface area (Å²) in [5.41, 5.74) is 0. The predicted molar refractivity (Wildman–Crippen MR) is 247 cm³/mol. The number of hydrogen-bond donors (Lipinski definition) is 4. The van der Waals surface area contributed by atoms with Crippen molar-refractivity contribution in [1.29, 1.82) is 0 Å². The van der Waals surface area contributed by atoms with Gasteiger partial charge < -0.3 is 39.4 Å². The van der Waals surface area contributed by atoms with Gasteiger partial charge in [0.1, 0.15) is 31.0 Å². The number of ether oxygens (including phenoxy) is 4. The molecule has 1 rings (SSSR count). The molecule has 1 aliphatic heterocycles. The molecule has 10 heteroatoms. The molecular formula is C51H80O10. The number of unbranched alkanes of at least 4 members (excludes halogenated alkanes) is 7. The molecule has 0 saturated carbocycles. The fourth-order valence-corrected chi connectivity index (χ4v) is 6.03. The fourth-order valence-electron chi connectivity index (χ4n) is 6.03. The van der Waals surface area contributed by atoms with E-state index in [1.165, 1.54) is 6.42 Å². The van der Waals surface area contributed by atoms with Crippen LogP contribution in [0, 0.1) is 0 Å². The van der Waals surface area contributed by atoms with Crippen LogP contribution in [0.4, 0.5) is 0 Å². The van der Waals surface area contributed by atoms with Crippen molar-refractivity contribution in [2.45, 2.75) is 179 Å². The van der Waals surface area contributed by atoms with Crippen LogP contribution in [0.15, 0.2) is 109 Å². The maximum atomic E-state index is 12.8. The highest BCUT2D eigenvalue weighted by Gasteiger charge is 2.44. The second-order valence-electron chi connectivity index (χ2n) is 15.1. The lowest BCUT2D eigenvalue weighted by Gasteiger charge is -2.39. The summed E-state index contributed by atoms with van der Waals surface area (Å²) >= 11 is 0. The van der Waals surface area contributed by atoms with E-state index in [0.29, 0.717) is 12.8 Å². The Balaban J connectivity index is 2.39. The van der Waals surface area contributed by atoms with Crippen LogP contribution in [-0.2, 0) is 28.5 Å². The Hall–Kier alpha value is -3.64. The summed E-state index contributed by atoms with van der Waals surface area (Å²) in [5, 5.41) is 40.1. The monoisotopic (exact) mass is 853 g/mol. The lowest BCUT2D eigenvalue weighted by atomic mass is 9.99. The zero-order chi connectivity index (χ0) is 44.4. The summed E-state index contributed by atoms with van der Waals surface area (Å²) in [7, 11) is 0. The largest absolute Gasteiger partial charge is 0.462 e. The first-order valence-corrected chi connectivity index (χ1v) is 23.0. The highest BCUT2D eigenvalue weighted by atomic mass is 16.7. The van der Waals surface area contributed by atoms with Gasteiger partial charge in [-0.05, 0) is 96.3 Å². The first-order chi connectivity index (χ1) is 29.8. The number of esters is 2. The van der Waals surface area contributed by atoms with Crippen LogP contribution in [0.3, 0.4) is 0 Å². The van der Waals surface area contributed by atoms with E-state index in [9.17, 15) is 30.0 Å². The molecule has 1 heterocycles. The molecule has 1 aliphatic rings. The maximum absolute atomic E-state index is 12.8. The summed E-state index contributed by atoms with van der Waals surface area (Å²) in [6.45, 7) is 3.15. The van der Waals surface area contributed by atoms with Gasteiger partial charge in [0.25, 0.3) is 0 Å². The molecule has 0 aromatic heterocycles. The second-order valence-corrected chi connectivity index (χ2v) is 15.1. The Labute approximate surface area is 368 Å². The Morgan fingerprint density at radius 3 is 1.43 bits per heavy atom. The summed E-state index contributed by atoms with van der Waals surface area (Å²) in [5.74, 6) is -0.893. The van der Waals surface area contributed by atoms with Gasteiger partial charge in [0.05, 0.1) is 13.2 Å². The lowest BCUT2D eigenvalue weighted by Crippen LogP contribution is -2.59. The van der Waals surface area contributed by atoms with Gasteiger partial charge in [-0.2, -0.15) is 0 Å². The summed E-state index contributed by atoms with van der Waals surface area (Å²) in [4.78, 5) is 25.4. The molecule has 0 aliphatic carbocycles. The smallest absolute Gasteiger partial charge is 0.306 e. The fraction of sp³-hybridized carbons (Fsp3) is 0.608. The van der Waals surface area contributed by atoms with Crippen LogP contribution in [0.2, 0.25) is 0 Å². The molecular weight excluding hydrogens is 773 g/mol. The lowest BCUT2D eigenvalue weighted by molar-refractivity contribution is -0.305. The molecule has 1 saturated heterocycles. The second kappa shape index (κ2) is 40.4. The summed E-state index contributed by atoms with van der Waals surface area (Å²) in [6, 6.07) is 0. The van der Waals surface area contributed by atoms with Crippen LogP contribution in [0.1, 0.15) is 142 Å². The van der Waals surface area contributed by atoms with E-state index in [1.807, 2.05) is 0 Å². The minimum atomic E-state index is -1.61.